The molecule has 3 N–H and O–H groups in total. The molecule has 150 valence electrons. The summed E-state index contributed by atoms with van der Waals surface area (Å²) in [7, 11) is 1.78. The van der Waals surface area contributed by atoms with Crippen LogP contribution < -0.4 is 16.0 Å². The predicted octanol–water partition coefficient (Wildman–Crippen LogP) is 2.12. The molecule has 1 atom stereocenters. The molecule has 0 aliphatic rings. The summed E-state index contributed by atoms with van der Waals surface area (Å²) >= 11 is 0. The molecule has 0 unspecified atom stereocenters. The van der Waals surface area contributed by atoms with Gasteiger partial charge in [0.2, 0.25) is 0 Å². The molecule has 1 aromatic heterocycles. The van der Waals surface area contributed by atoms with E-state index in [0.29, 0.717) is 17.1 Å². The smallest absolute Gasteiger partial charge is 0.319 e. The number of carbonyl (C=O) groups excluding carboxylic acids is 3. The summed E-state index contributed by atoms with van der Waals surface area (Å²) in [6.45, 7) is 5.19. The molecule has 28 heavy (non-hydrogen) atoms. The molecule has 1 aromatic carbocycles. The van der Waals surface area contributed by atoms with Crippen LogP contribution in [0.3, 0.4) is 0 Å². The molecule has 1 heterocycles. The maximum atomic E-state index is 12.2. The van der Waals surface area contributed by atoms with Crippen molar-refractivity contribution in [1.82, 2.24) is 15.1 Å². The molecule has 2 rings (SSSR count). The highest BCUT2D eigenvalue weighted by molar-refractivity contribution is 5.96. The van der Waals surface area contributed by atoms with Gasteiger partial charge >= 0.3 is 12.0 Å². The van der Waals surface area contributed by atoms with E-state index in [1.807, 2.05) is 13.0 Å². The van der Waals surface area contributed by atoms with Crippen LogP contribution in [0.15, 0.2) is 30.3 Å². The number of esters is 1. The van der Waals surface area contributed by atoms with Gasteiger partial charge in [-0.25, -0.2) is 4.79 Å². The molecule has 3 amide bonds. The molecular weight excluding hydrogens is 362 g/mol. The van der Waals surface area contributed by atoms with E-state index in [9.17, 15) is 14.4 Å². The quantitative estimate of drug-likeness (QED) is 0.630. The SMILES string of the molecule is Cc1nn(C)c(C)c1NC(=O)[C@@H](C)OC(=O)CCNC(=O)Nc1ccccc1. The van der Waals surface area contributed by atoms with Crippen LogP contribution in [0.5, 0.6) is 0 Å². The molecule has 0 radical (unpaired) electrons. The van der Waals surface area contributed by atoms with Gasteiger partial charge in [-0.1, -0.05) is 18.2 Å². The maximum absolute atomic E-state index is 12.2. The summed E-state index contributed by atoms with van der Waals surface area (Å²) in [5.41, 5.74) is 2.74. The van der Waals surface area contributed by atoms with Crippen molar-refractivity contribution >= 4 is 29.3 Å². The van der Waals surface area contributed by atoms with E-state index in [0.717, 1.165) is 5.69 Å². The molecule has 0 spiro atoms. The number of carbonyl (C=O) groups is 3. The normalized spacial score (nSPS) is 11.4. The molecule has 9 nitrogen and oxygen atoms in total. The van der Waals surface area contributed by atoms with Crippen molar-refractivity contribution in [3.8, 4) is 0 Å². The lowest BCUT2D eigenvalue weighted by Crippen LogP contribution is -2.33. The number of benzene rings is 1. The fourth-order valence-electron chi connectivity index (χ4n) is 2.46. The highest BCUT2D eigenvalue weighted by Gasteiger charge is 2.20. The molecule has 0 aliphatic carbocycles. The number of urea groups is 1. The second-order valence-electron chi connectivity index (χ2n) is 6.29. The number of amides is 3. The summed E-state index contributed by atoms with van der Waals surface area (Å²) in [4.78, 5) is 35.9. The first-order valence-corrected chi connectivity index (χ1v) is 8.88. The Morgan fingerprint density at radius 2 is 1.82 bits per heavy atom. The second-order valence-corrected chi connectivity index (χ2v) is 6.29. The monoisotopic (exact) mass is 387 g/mol. The van der Waals surface area contributed by atoms with Crippen LogP contribution in [-0.4, -0.2) is 40.3 Å². The van der Waals surface area contributed by atoms with Crippen LogP contribution >= 0.6 is 0 Å². The Kier molecular flexibility index (Phi) is 7.14. The summed E-state index contributed by atoms with van der Waals surface area (Å²) in [5, 5.41) is 12.1. The van der Waals surface area contributed by atoms with E-state index in [4.69, 9.17) is 4.74 Å². The van der Waals surface area contributed by atoms with Crippen LogP contribution in [0.25, 0.3) is 0 Å². The van der Waals surface area contributed by atoms with E-state index in [1.165, 1.54) is 6.92 Å². The Balaban J connectivity index is 1.73. The third-order valence-corrected chi connectivity index (χ3v) is 4.08. The first-order chi connectivity index (χ1) is 13.3. The average molecular weight is 387 g/mol. The summed E-state index contributed by atoms with van der Waals surface area (Å²) in [5.74, 6) is -1.02. The van der Waals surface area contributed by atoms with Crippen molar-refractivity contribution < 1.29 is 19.1 Å². The topological polar surface area (TPSA) is 114 Å². The number of hydrogen-bond acceptors (Lipinski definition) is 5. The van der Waals surface area contributed by atoms with E-state index < -0.39 is 24.0 Å². The number of anilines is 2. The first-order valence-electron chi connectivity index (χ1n) is 8.88. The van der Waals surface area contributed by atoms with Crippen molar-refractivity contribution in [2.75, 3.05) is 17.2 Å². The van der Waals surface area contributed by atoms with Gasteiger partial charge in [-0.15, -0.1) is 0 Å². The number of hydrogen-bond donors (Lipinski definition) is 3. The van der Waals surface area contributed by atoms with E-state index in [-0.39, 0.29) is 13.0 Å². The van der Waals surface area contributed by atoms with Gasteiger partial charge in [-0.05, 0) is 32.9 Å². The molecule has 2 aromatic rings. The Hall–Kier alpha value is -3.36. The van der Waals surface area contributed by atoms with Gasteiger partial charge < -0.3 is 20.7 Å². The number of nitrogens with one attached hydrogen (secondary N) is 3. The predicted molar refractivity (Wildman–Crippen MR) is 105 cm³/mol. The van der Waals surface area contributed by atoms with Crippen molar-refractivity contribution in [3.63, 3.8) is 0 Å². The van der Waals surface area contributed by atoms with E-state index in [1.54, 1.807) is 42.9 Å². The average Bonchev–Trinajstić information content (AvgIpc) is 2.88. The number of aryl methyl sites for hydroxylation is 2. The molecule has 0 aliphatic heterocycles. The Morgan fingerprint density at radius 1 is 1.14 bits per heavy atom. The highest BCUT2D eigenvalue weighted by Crippen LogP contribution is 2.18. The molecule has 0 fully saturated rings. The number of para-hydroxylation sites is 1. The van der Waals surface area contributed by atoms with Gasteiger partial charge in [-0.3, -0.25) is 14.3 Å². The maximum Gasteiger partial charge on any atom is 0.319 e. The van der Waals surface area contributed by atoms with Gasteiger partial charge in [0.1, 0.15) is 0 Å². The van der Waals surface area contributed by atoms with Crippen molar-refractivity contribution in [2.24, 2.45) is 7.05 Å². The van der Waals surface area contributed by atoms with Crippen molar-refractivity contribution in [3.05, 3.63) is 41.7 Å². The number of ether oxygens (including phenoxy) is 1. The molecule has 0 bridgehead atoms. The number of nitrogens with zero attached hydrogens (tertiary/aromatic N) is 2. The lowest BCUT2D eigenvalue weighted by Gasteiger charge is -2.14. The fourth-order valence-corrected chi connectivity index (χ4v) is 2.46. The highest BCUT2D eigenvalue weighted by atomic mass is 16.5. The zero-order valence-corrected chi connectivity index (χ0v) is 16.4. The zero-order valence-electron chi connectivity index (χ0n) is 16.4. The number of aromatic nitrogens is 2. The minimum Gasteiger partial charge on any atom is -0.452 e. The third-order valence-electron chi connectivity index (χ3n) is 4.08. The standard InChI is InChI=1S/C19H25N5O4/c1-12-17(13(2)24(4)23-12)22-18(26)14(3)28-16(25)10-11-20-19(27)21-15-8-6-5-7-9-15/h5-9,14H,10-11H2,1-4H3,(H,22,26)(H2,20,21,27)/t14-/m1/s1. The van der Waals surface area contributed by atoms with Gasteiger partial charge in [0.15, 0.2) is 6.10 Å². The van der Waals surface area contributed by atoms with Crippen LogP contribution in [0.1, 0.15) is 24.7 Å². The lowest BCUT2D eigenvalue weighted by atomic mass is 10.3. The van der Waals surface area contributed by atoms with Crippen molar-refractivity contribution in [2.45, 2.75) is 33.3 Å². The lowest BCUT2D eigenvalue weighted by molar-refractivity contribution is -0.153. The Bertz CT molecular complexity index is 848. The third kappa shape index (κ3) is 5.83. The van der Waals surface area contributed by atoms with Gasteiger partial charge in [-0.2, -0.15) is 5.10 Å². The minimum absolute atomic E-state index is 0.0508. The van der Waals surface area contributed by atoms with E-state index >= 15 is 0 Å². The molecule has 0 saturated carbocycles. The van der Waals surface area contributed by atoms with Crippen LogP contribution in [0, 0.1) is 13.8 Å². The Morgan fingerprint density at radius 3 is 2.43 bits per heavy atom. The zero-order chi connectivity index (χ0) is 20.7. The van der Waals surface area contributed by atoms with Crippen LogP contribution in [0.2, 0.25) is 0 Å². The second kappa shape index (κ2) is 9.54. The van der Waals surface area contributed by atoms with Crippen LogP contribution in [0.4, 0.5) is 16.2 Å². The summed E-state index contributed by atoms with van der Waals surface area (Å²) in [6.07, 6.45) is -1.02. The van der Waals surface area contributed by atoms with Crippen LogP contribution in [-0.2, 0) is 21.4 Å². The van der Waals surface area contributed by atoms with E-state index in [2.05, 4.69) is 21.0 Å². The fraction of sp³-hybridized carbons (Fsp3) is 0.368. The van der Waals surface area contributed by atoms with Gasteiger partial charge in [0.05, 0.1) is 23.5 Å². The number of rotatable bonds is 7. The van der Waals surface area contributed by atoms with Gasteiger partial charge in [0.25, 0.3) is 5.91 Å². The van der Waals surface area contributed by atoms with Crippen molar-refractivity contribution in [1.29, 1.82) is 0 Å². The van der Waals surface area contributed by atoms with Gasteiger partial charge in [0, 0.05) is 19.3 Å². The molecular formula is C19H25N5O4. The first kappa shape index (κ1) is 20.9. The minimum atomic E-state index is -0.968. The largest absolute Gasteiger partial charge is 0.452 e. The summed E-state index contributed by atoms with van der Waals surface area (Å²) < 4.78 is 6.78. The molecule has 9 heteroatoms. The summed E-state index contributed by atoms with van der Waals surface area (Å²) in [6, 6.07) is 8.52. The Labute approximate surface area is 163 Å². The molecule has 0 saturated heterocycles.